The van der Waals surface area contributed by atoms with Gasteiger partial charge in [0.05, 0.1) is 23.2 Å². The van der Waals surface area contributed by atoms with Crippen LogP contribution in [0.5, 0.6) is 11.5 Å². The molecule has 7 nitrogen and oxygen atoms in total. The first-order chi connectivity index (χ1) is 14.9. The van der Waals surface area contributed by atoms with Gasteiger partial charge in [0.15, 0.2) is 5.78 Å². The topological polar surface area (TPSA) is 95.7 Å². The van der Waals surface area contributed by atoms with Crippen LogP contribution < -0.4 is 9.47 Å². The van der Waals surface area contributed by atoms with Gasteiger partial charge in [-0.25, -0.2) is 9.18 Å². The van der Waals surface area contributed by atoms with Crippen LogP contribution in [0.2, 0.25) is 0 Å². The van der Waals surface area contributed by atoms with E-state index in [2.05, 4.69) is 0 Å². The van der Waals surface area contributed by atoms with Crippen molar-refractivity contribution < 1.29 is 28.4 Å². The lowest BCUT2D eigenvalue weighted by Gasteiger charge is -2.10. The molecule has 3 rings (SSSR count). The van der Waals surface area contributed by atoms with Gasteiger partial charge in [0.2, 0.25) is 0 Å². The highest BCUT2D eigenvalue weighted by molar-refractivity contribution is 6.09. The van der Waals surface area contributed by atoms with E-state index >= 15 is 0 Å². The molecule has 0 fully saturated rings. The average molecular weight is 421 g/mol. The molecule has 0 bridgehead atoms. The van der Waals surface area contributed by atoms with Crippen molar-refractivity contribution >= 4 is 23.5 Å². The molecule has 0 N–H and O–H groups in total. The Bertz CT molecular complexity index is 1190. The van der Waals surface area contributed by atoms with Gasteiger partial charge in [0, 0.05) is 23.8 Å². The number of halogens is 1. The highest BCUT2D eigenvalue weighted by Crippen LogP contribution is 2.27. The molecule has 0 spiro atoms. The lowest BCUT2D eigenvalue weighted by molar-refractivity contribution is -0.384. The number of carbonyl (C=O) groups is 2. The van der Waals surface area contributed by atoms with E-state index in [1.54, 1.807) is 6.07 Å². The van der Waals surface area contributed by atoms with Gasteiger partial charge in [0.25, 0.3) is 5.69 Å². The van der Waals surface area contributed by atoms with E-state index in [1.165, 1.54) is 67.8 Å². The summed E-state index contributed by atoms with van der Waals surface area (Å²) < 4.78 is 24.2. The number of non-ortho nitro benzene ring substituents is 1. The third-order valence-corrected chi connectivity index (χ3v) is 4.27. The number of ketones is 1. The van der Waals surface area contributed by atoms with Crippen LogP contribution in [0, 0.1) is 15.9 Å². The maximum Gasteiger partial charge on any atom is 0.343 e. The third kappa shape index (κ3) is 5.18. The maximum atomic E-state index is 13.8. The number of hydrogen-bond donors (Lipinski definition) is 0. The molecule has 0 heterocycles. The fraction of sp³-hybridized carbons (Fsp3) is 0.0435. The molecular weight excluding hydrogens is 405 g/mol. The summed E-state index contributed by atoms with van der Waals surface area (Å²) >= 11 is 0. The zero-order chi connectivity index (χ0) is 22.4. The summed E-state index contributed by atoms with van der Waals surface area (Å²) in [5, 5.41) is 10.9. The zero-order valence-electron chi connectivity index (χ0n) is 16.3. The van der Waals surface area contributed by atoms with Crippen LogP contribution in [-0.2, 0) is 0 Å². The molecule has 0 aliphatic rings. The summed E-state index contributed by atoms with van der Waals surface area (Å²) in [4.78, 5) is 35.5. The van der Waals surface area contributed by atoms with Crippen LogP contribution in [0.3, 0.4) is 0 Å². The number of ether oxygens (including phenoxy) is 2. The molecule has 3 aromatic rings. The number of nitro groups is 1. The van der Waals surface area contributed by atoms with Gasteiger partial charge < -0.3 is 9.47 Å². The van der Waals surface area contributed by atoms with Crippen molar-refractivity contribution in [3.8, 4) is 11.5 Å². The fourth-order valence-corrected chi connectivity index (χ4v) is 2.69. The Balaban J connectivity index is 1.90. The second-order valence-electron chi connectivity index (χ2n) is 6.28. The Hall–Kier alpha value is -4.33. The zero-order valence-corrected chi connectivity index (χ0v) is 16.3. The molecule has 0 aromatic heterocycles. The highest BCUT2D eigenvalue weighted by atomic mass is 19.1. The number of esters is 1. The van der Waals surface area contributed by atoms with Gasteiger partial charge in [-0.05, 0) is 36.4 Å². The Kier molecular flexibility index (Phi) is 6.51. The molecular formula is C23H16FNO6. The van der Waals surface area contributed by atoms with Crippen LogP contribution in [0.15, 0.2) is 72.8 Å². The summed E-state index contributed by atoms with van der Waals surface area (Å²) in [6.45, 7) is 0. The van der Waals surface area contributed by atoms with Crippen molar-refractivity contribution in [2.75, 3.05) is 7.11 Å². The number of allylic oxidation sites excluding steroid dienone is 1. The van der Waals surface area contributed by atoms with Crippen molar-refractivity contribution in [3.63, 3.8) is 0 Å². The molecule has 0 unspecified atom stereocenters. The molecule has 156 valence electrons. The molecule has 0 radical (unpaired) electrons. The number of nitro benzene ring substituents is 1. The largest absolute Gasteiger partial charge is 0.497 e. The molecule has 0 saturated carbocycles. The Labute approximate surface area is 176 Å². The standard InChI is InChI=1S/C23H16FNO6/c1-30-18-10-11-19(21(26)12-9-15-5-2-3-8-20(15)24)22(14-18)31-23(27)16-6-4-7-17(13-16)25(28)29/h2-14H,1H3. The number of benzene rings is 3. The molecule has 0 amide bonds. The average Bonchev–Trinajstić information content (AvgIpc) is 2.78. The van der Waals surface area contributed by atoms with Gasteiger partial charge >= 0.3 is 5.97 Å². The van der Waals surface area contributed by atoms with Crippen LogP contribution in [-0.4, -0.2) is 23.8 Å². The summed E-state index contributed by atoms with van der Waals surface area (Å²) in [6.07, 6.45) is 2.47. The van der Waals surface area contributed by atoms with Gasteiger partial charge in [-0.2, -0.15) is 0 Å². The van der Waals surface area contributed by atoms with Crippen LogP contribution in [0.4, 0.5) is 10.1 Å². The molecule has 0 aliphatic carbocycles. The molecule has 31 heavy (non-hydrogen) atoms. The van der Waals surface area contributed by atoms with E-state index in [9.17, 15) is 24.1 Å². The number of rotatable bonds is 7. The predicted octanol–water partition coefficient (Wildman–Crippen LogP) is 4.86. The molecule has 8 heteroatoms. The minimum atomic E-state index is -0.885. The minimum absolute atomic E-state index is 0.0344. The molecule has 0 aliphatic heterocycles. The van der Waals surface area contributed by atoms with Crippen molar-refractivity contribution in [1.82, 2.24) is 0 Å². The molecule has 0 saturated heterocycles. The lowest BCUT2D eigenvalue weighted by Crippen LogP contribution is -2.11. The van der Waals surface area contributed by atoms with E-state index in [4.69, 9.17) is 9.47 Å². The monoisotopic (exact) mass is 421 g/mol. The second kappa shape index (κ2) is 9.45. The molecule has 3 aromatic carbocycles. The van der Waals surface area contributed by atoms with E-state index in [0.717, 1.165) is 12.1 Å². The Morgan fingerprint density at radius 2 is 1.81 bits per heavy atom. The second-order valence-corrected chi connectivity index (χ2v) is 6.28. The Morgan fingerprint density at radius 1 is 1.03 bits per heavy atom. The van der Waals surface area contributed by atoms with E-state index in [-0.39, 0.29) is 28.1 Å². The maximum absolute atomic E-state index is 13.8. The number of nitrogens with zero attached hydrogens (tertiary/aromatic N) is 1. The number of methoxy groups -OCH3 is 1. The number of hydrogen-bond acceptors (Lipinski definition) is 6. The first kappa shape index (κ1) is 21.4. The first-order valence-corrected chi connectivity index (χ1v) is 9.00. The minimum Gasteiger partial charge on any atom is -0.497 e. The smallest absolute Gasteiger partial charge is 0.343 e. The van der Waals surface area contributed by atoms with Crippen LogP contribution in [0.25, 0.3) is 6.08 Å². The quantitative estimate of drug-likeness (QED) is 0.135. The van der Waals surface area contributed by atoms with Gasteiger partial charge in [-0.1, -0.05) is 24.3 Å². The number of carbonyl (C=O) groups excluding carboxylic acids is 2. The van der Waals surface area contributed by atoms with Crippen molar-refractivity contribution in [2.45, 2.75) is 0 Å². The molecule has 0 atom stereocenters. The predicted molar refractivity (Wildman–Crippen MR) is 111 cm³/mol. The SMILES string of the molecule is COc1ccc(C(=O)C=Cc2ccccc2F)c(OC(=O)c2cccc([N+](=O)[O-])c2)c1. The van der Waals surface area contributed by atoms with Gasteiger partial charge in [0.1, 0.15) is 17.3 Å². The van der Waals surface area contributed by atoms with Crippen LogP contribution in [0.1, 0.15) is 26.3 Å². The van der Waals surface area contributed by atoms with Gasteiger partial charge in [-0.3, -0.25) is 14.9 Å². The first-order valence-electron chi connectivity index (χ1n) is 9.00. The van der Waals surface area contributed by atoms with E-state index in [1.807, 2.05) is 0 Å². The lowest BCUT2D eigenvalue weighted by atomic mass is 10.1. The van der Waals surface area contributed by atoms with E-state index in [0.29, 0.717) is 5.75 Å². The summed E-state index contributed by atoms with van der Waals surface area (Å²) in [5.41, 5.74) is -0.0757. The Morgan fingerprint density at radius 3 is 2.52 bits per heavy atom. The fourth-order valence-electron chi connectivity index (χ4n) is 2.69. The highest BCUT2D eigenvalue weighted by Gasteiger charge is 2.18. The van der Waals surface area contributed by atoms with Crippen molar-refractivity contribution in [2.24, 2.45) is 0 Å². The summed E-state index contributed by atoms with van der Waals surface area (Å²) in [7, 11) is 1.40. The van der Waals surface area contributed by atoms with Gasteiger partial charge in [-0.15, -0.1) is 0 Å². The summed E-state index contributed by atoms with van der Waals surface area (Å²) in [5.74, 6) is -1.68. The summed E-state index contributed by atoms with van der Waals surface area (Å²) in [6, 6.07) is 15.2. The normalized spacial score (nSPS) is 10.6. The van der Waals surface area contributed by atoms with Crippen LogP contribution >= 0.6 is 0 Å². The van der Waals surface area contributed by atoms with E-state index < -0.39 is 22.5 Å². The van der Waals surface area contributed by atoms with Crippen molar-refractivity contribution in [1.29, 1.82) is 0 Å². The van der Waals surface area contributed by atoms with Crippen molar-refractivity contribution in [3.05, 3.63) is 105 Å². The third-order valence-electron chi connectivity index (χ3n) is 4.27.